The Bertz CT molecular complexity index is 494. The smallest absolute Gasteiger partial charge is 0.237 e. The Balaban J connectivity index is 1.88. The molecule has 0 bridgehead atoms. The molecule has 1 saturated heterocycles. The fourth-order valence-corrected chi connectivity index (χ4v) is 3.03. The third-order valence-corrected chi connectivity index (χ3v) is 4.81. The third kappa shape index (κ3) is 5.03. The minimum Gasteiger partial charge on any atom is -0.392 e. The van der Waals surface area contributed by atoms with Gasteiger partial charge in [-0.2, -0.15) is 0 Å². The van der Waals surface area contributed by atoms with Crippen molar-refractivity contribution in [3.63, 3.8) is 0 Å². The molecular formula is C18H29N3O2. The van der Waals surface area contributed by atoms with E-state index in [0.29, 0.717) is 19.5 Å². The van der Waals surface area contributed by atoms with Gasteiger partial charge in [-0.05, 0) is 17.9 Å². The van der Waals surface area contributed by atoms with E-state index in [1.807, 2.05) is 32.0 Å². The first-order chi connectivity index (χ1) is 11.0. The summed E-state index contributed by atoms with van der Waals surface area (Å²) in [6.45, 7) is 5.99. The first kappa shape index (κ1) is 17.9. The summed E-state index contributed by atoms with van der Waals surface area (Å²) in [4.78, 5) is 14.4. The van der Waals surface area contributed by atoms with Crippen molar-refractivity contribution in [2.45, 2.75) is 51.4 Å². The summed E-state index contributed by atoms with van der Waals surface area (Å²) in [5.41, 5.74) is 7.18. The maximum atomic E-state index is 12.1. The van der Waals surface area contributed by atoms with Crippen LogP contribution in [0.5, 0.6) is 0 Å². The number of nitrogens with two attached hydrogens (primary N) is 1. The lowest BCUT2D eigenvalue weighted by molar-refractivity contribution is -0.123. The zero-order chi connectivity index (χ0) is 16.8. The molecule has 1 amide bonds. The van der Waals surface area contributed by atoms with Crippen molar-refractivity contribution >= 4 is 5.91 Å². The normalized spacial score (nSPS) is 24.3. The number of carbonyl (C=O) groups excluding carboxylic acids is 1. The second kappa shape index (κ2) is 8.43. The first-order valence-electron chi connectivity index (χ1n) is 8.50. The standard InChI is InChI=1S/C18H29N3O2/c1-3-13(2)17(19)18(23)20-10-15-9-16(22)12-21(15)11-14-7-5-4-6-8-14/h4-8,13,15-17,22H,3,9-12,19H2,1-2H3,(H,20,23). The second-order valence-corrected chi connectivity index (χ2v) is 6.61. The number of hydrogen-bond donors (Lipinski definition) is 3. The number of aliphatic hydroxyl groups excluding tert-OH is 1. The molecule has 5 heteroatoms. The minimum atomic E-state index is -0.464. The van der Waals surface area contributed by atoms with Crippen LogP contribution in [-0.2, 0) is 11.3 Å². The zero-order valence-corrected chi connectivity index (χ0v) is 14.1. The largest absolute Gasteiger partial charge is 0.392 e. The lowest BCUT2D eigenvalue weighted by Gasteiger charge is -2.25. The molecule has 0 aliphatic carbocycles. The van der Waals surface area contributed by atoms with Crippen LogP contribution >= 0.6 is 0 Å². The number of aliphatic hydroxyl groups is 1. The van der Waals surface area contributed by atoms with Crippen LogP contribution in [0.15, 0.2) is 30.3 Å². The predicted molar refractivity (Wildman–Crippen MR) is 91.7 cm³/mol. The number of amides is 1. The van der Waals surface area contributed by atoms with Gasteiger partial charge in [-0.25, -0.2) is 0 Å². The second-order valence-electron chi connectivity index (χ2n) is 6.61. The lowest BCUT2D eigenvalue weighted by atomic mass is 9.99. The quantitative estimate of drug-likeness (QED) is 0.703. The maximum absolute atomic E-state index is 12.1. The summed E-state index contributed by atoms with van der Waals surface area (Å²) in [5, 5.41) is 12.9. The van der Waals surface area contributed by atoms with E-state index in [2.05, 4.69) is 22.3 Å². The number of carbonyl (C=O) groups is 1. The Morgan fingerprint density at radius 1 is 1.43 bits per heavy atom. The van der Waals surface area contributed by atoms with Crippen molar-refractivity contribution in [2.24, 2.45) is 11.7 Å². The average Bonchev–Trinajstić information content (AvgIpc) is 2.91. The van der Waals surface area contributed by atoms with Gasteiger partial charge >= 0.3 is 0 Å². The molecule has 0 aromatic heterocycles. The maximum Gasteiger partial charge on any atom is 0.237 e. The molecule has 1 fully saturated rings. The van der Waals surface area contributed by atoms with E-state index in [-0.39, 0.29) is 24.0 Å². The highest BCUT2D eigenvalue weighted by molar-refractivity contribution is 5.81. The van der Waals surface area contributed by atoms with Gasteiger partial charge in [-0.3, -0.25) is 9.69 Å². The molecule has 0 spiro atoms. The Kier molecular flexibility index (Phi) is 6.57. The molecule has 4 atom stereocenters. The highest BCUT2D eigenvalue weighted by Crippen LogP contribution is 2.20. The molecule has 1 aliphatic rings. The van der Waals surface area contributed by atoms with Gasteiger partial charge in [-0.1, -0.05) is 50.6 Å². The number of benzene rings is 1. The van der Waals surface area contributed by atoms with Gasteiger partial charge < -0.3 is 16.2 Å². The summed E-state index contributed by atoms with van der Waals surface area (Å²) in [6, 6.07) is 9.88. The third-order valence-electron chi connectivity index (χ3n) is 4.81. The van der Waals surface area contributed by atoms with Crippen molar-refractivity contribution in [2.75, 3.05) is 13.1 Å². The average molecular weight is 319 g/mol. The molecule has 0 radical (unpaired) electrons. The molecule has 1 heterocycles. The summed E-state index contributed by atoms with van der Waals surface area (Å²) in [7, 11) is 0. The van der Waals surface area contributed by atoms with Gasteiger partial charge in [0.1, 0.15) is 0 Å². The SMILES string of the molecule is CCC(C)C(N)C(=O)NCC1CC(O)CN1Cc1ccccc1. The van der Waals surface area contributed by atoms with Crippen molar-refractivity contribution in [1.29, 1.82) is 0 Å². The summed E-state index contributed by atoms with van der Waals surface area (Å²) >= 11 is 0. The van der Waals surface area contributed by atoms with E-state index in [1.54, 1.807) is 0 Å². The monoisotopic (exact) mass is 319 g/mol. The topological polar surface area (TPSA) is 78.6 Å². The van der Waals surface area contributed by atoms with E-state index in [0.717, 1.165) is 13.0 Å². The van der Waals surface area contributed by atoms with Crippen LogP contribution in [0.25, 0.3) is 0 Å². The summed E-state index contributed by atoms with van der Waals surface area (Å²) < 4.78 is 0. The van der Waals surface area contributed by atoms with Crippen LogP contribution in [0.2, 0.25) is 0 Å². The number of nitrogens with one attached hydrogen (secondary N) is 1. The Hall–Kier alpha value is -1.43. The van der Waals surface area contributed by atoms with E-state index >= 15 is 0 Å². The first-order valence-corrected chi connectivity index (χ1v) is 8.50. The van der Waals surface area contributed by atoms with E-state index in [4.69, 9.17) is 5.73 Å². The summed E-state index contributed by atoms with van der Waals surface area (Å²) in [6.07, 6.45) is 1.24. The van der Waals surface area contributed by atoms with Crippen LogP contribution in [0.3, 0.4) is 0 Å². The molecule has 4 unspecified atom stereocenters. The minimum absolute atomic E-state index is 0.0969. The predicted octanol–water partition coefficient (Wildman–Crippen LogP) is 1.11. The van der Waals surface area contributed by atoms with Crippen LogP contribution in [0, 0.1) is 5.92 Å². The van der Waals surface area contributed by atoms with Crippen LogP contribution < -0.4 is 11.1 Å². The summed E-state index contributed by atoms with van der Waals surface area (Å²) in [5.74, 6) is 0.0741. The zero-order valence-electron chi connectivity index (χ0n) is 14.1. The Morgan fingerprint density at radius 2 is 2.13 bits per heavy atom. The number of rotatable bonds is 7. The van der Waals surface area contributed by atoms with Gasteiger partial charge in [-0.15, -0.1) is 0 Å². The molecule has 1 aromatic rings. The molecule has 128 valence electrons. The Labute approximate surface area is 138 Å². The number of nitrogens with zero attached hydrogens (tertiary/aromatic N) is 1. The highest BCUT2D eigenvalue weighted by Gasteiger charge is 2.31. The molecule has 2 rings (SSSR count). The van der Waals surface area contributed by atoms with Crippen molar-refractivity contribution < 1.29 is 9.90 Å². The highest BCUT2D eigenvalue weighted by atomic mass is 16.3. The number of likely N-dealkylation sites (tertiary alicyclic amines) is 1. The van der Waals surface area contributed by atoms with Gasteiger partial charge in [0.15, 0.2) is 0 Å². The lowest BCUT2D eigenvalue weighted by Crippen LogP contribution is -2.48. The molecule has 0 saturated carbocycles. The molecular weight excluding hydrogens is 290 g/mol. The van der Waals surface area contributed by atoms with Gasteiger partial charge in [0, 0.05) is 25.7 Å². The molecule has 5 nitrogen and oxygen atoms in total. The van der Waals surface area contributed by atoms with Crippen molar-refractivity contribution in [3.05, 3.63) is 35.9 Å². The van der Waals surface area contributed by atoms with Crippen LogP contribution in [0.4, 0.5) is 0 Å². The van der Waals surface area contributed by atoms with E-state index < -0.39 is 6.04 Å². The van der Waals surface area contributed by atoms with Gasteiger partial charge in [0.05, 0.1) is 12.1 Å². The van der Waals surface area contributed by atoms with E-state index in [1.165, 1.54) is 5.56 Å². The van der Waals surface area contributed by atoms with Gasteiger partial charge in [0.2, 0.25) is 5.91 Å². The van der Waals surface area contributed by atoms with Crippen molar-refractivity contribution in [3.8, 4) is 0 Å². The molecule has 23 heavy (non-hydrogen) atoms. The number of hydrogen-bond acceptors (Lipinski definition) is 4. The fraction of sp³-hybridized carbons (Fsp3) is 0.611. The van der Waals surface area contributed by atoms with Crippen LogP contribution in [0.1, 0.15) is 32.3 Å². The molecule has 1 aromatic carbocycles. The van der Waals surface area contributed by atoms with Crippen molar-refractivity contribution in [1.82, 2.24) is 10.2 Å². The molecule has 1 aliphatic heterocycles. The van der Waals surface area contributed by atoms with Gasteiger partial charge in [0.25, 0.3) is 0 Å². The van der Waals surface area contributed by atoms with Crippen LogP contribution in [-0.4, -0.2) is 47.2 Å². The fourth-order valence-electron chi connectivity index (χ4n) is 3.03. The number of β-amino-alcohol motifs (C(OH)–C–C–N with tert-alkyl or cyclic N) is 1. The molecule has 4 N–H and O–H groups in total. The van der Waals surface area contributed by atoms with E-state index in [9.17, 15) is 9.90 Å². The Morgan fingerprint density at radius 3 is 2.78 bits per heavy atom.